The fourth-order valence-electron chi connectivity index (χ4n) is 4.84. The first-order valence-corrected chi connectivity index (χ1v) is 15.7. The normalized spacial score (nSPS) is 14.5. The Balaban J connectivity index is 1.67. The van der Waals surface area contributed by atoms with Gasteiger partial charge in [-0.25, -0.2) is 8.42 Å². The van der Waals surface area contributed by atoms with Gasteiger partial charge in [-0.3, -0.25) is 13.9 Å². The van der Waals surface area contributed by atoms with Crippen molar-refractivity contribution in [1.29, 1.82) is 0 Å². The molecule has 1 fully saturated rings. The number of amides is 2. The number of halogens is 1. The maximum Gasteiger partial charge on any atom is 0.264 e. The lowest BCUT2D eigenvalue weighted by atomic mass is 10.1. The molecule has 0 aliphatic heterocycles. The molecule has 206 valence electrons. The van der Waals surface area contributed by atoms with Gasteiger partial charge in [0.25, 0.3) is 10.0 Å². The van der Waals surface area contributed by atoms with Gasteiger partial charge in [0.05, 0.1) is 10.6 Å². The second-order valence-electron chi connectivity index (χ2n) is 9.98. The van der Waals surface area contributed by atoms with Crippen LogP contribution in [0.4, 0.5) is 5.69 Å². The predicted octanol–water partition coefficient (Wildman–Crippen LogP) is 5.27. The monoisotopic (exact) mass is 659 g/mol. The first kappa shape index (κ1) is 29.1. The highest BCUT2D eigenvalue weighted by Crippen LogP contribution is 2.25. The van der Waals surface area contributed by atoms with Gasteiger partial charge in [0.15, 0.2) is 0 Å². The maximum atomic E-state index is 14.0. The number of rotatable bonds is 10. The number of carbonyl (C=O) groups excluding carboxylic acids is 2. The molecule has 3 aromatic rings. The van der Waals surface area contributed by atoms with Gasteiger partial charge in [-0.15, -0.1) is 0 Å². The largest absolute Gasteiger partial charge is 0.352 e. The molecular formula is C30H34IN3O4S. The summed E-state index contributed by atoms with van der Waals surface area (Å²) < 4.78 is 29.6. The number of benzene rings is 3. The van der Waals surface area contributed by atoms with Gasteiger partial charge in [-0.1, -0.05) is 60.9 Å². The second kappa shape index (κ2) is 13.0. The van der Waals surface area contributed by atoms with E-state index in [-0.39, 0.29) is 23.4 Å². The van der Waals surface area contributed by atoms with Crippen molar-refractivity contribution in [2.75, 3.05) is 10.8 Å². The molecule has 4 rings (SSSR count). The Bertz CT molecular complexity index is 1390. The minimum absolute atomic E-state index is 0.0913. The minimum atomic E-state index is -4.06. The van der Waals surface area contributed by atoms with Crippen molar-refractivity contribution >= 4 is 50.1 Å². The summed E-state index contributed by atoms with van der Waals surface area (Å²) in [7, 11) is -4.06. The zero-order valence-electron chi connectivity index (χ0n) is 22.2. The van der Waals surface area contributed by atoms with Crippen molar-refractivity contribution in [1.82, 2.24) is 10.2 Å². The van der Waals surface area contributed by atoms with Crippen LogP contribution in [-0.4, -0.2) is 43.8 Å². The minimum Gasteiger partial charge on any atom is -0.352 e. The lowest BCUT2D eigenvalue weighted by Crippen LogP contribution is -2.52. The molecule has 2 amide bonds. The summed E-state index contributed by atoms with van der Waals surface area (Å²) in [5, 5.41) is 3.09. The number of nitrogens with one attached hydrogen (secondary N) is 1. The van der Waals surface area contributed by atoms with E-state index in [2.05, 4.69) is 27.9 Å². The van der Waals surface area contributed by atoms with Gasteiger partial charge in [-0.2, -0.15) is 0 Å². The molecule has 0 radical (unpaired) electrons. The number of sulfonamides is 1. The van der Waals surface area contributed by atoms with E-state index < -0.39 is 28.5 Å². The Kier molecular flexibility index (Phi) is 9.66. The van der Waals surface area contributed by atoms with Crippen molar-refractivity contribution in [3.63, 3.8) is 0 Å². The van der Waals surface area contributed by atoms with Crippen LogP contribution < -0.4 is 9.62 Å². The summed E-state index contributed by atoms with van der Waals surface area (Å²) in [5.74, 6) is -0.682. The molecule has 0 unspecified atom stereocenters. The molecule has 0 bridgehead atoms. The number of carbonyl (C=O) groups is 2. The summed E-state index contributed by atoms with van der Waals surface area (Å²) >= 11 is 2.15. The number of aryl methyl sites for hydroxylation is 1. The highest BCUT2D eigenvalue weighted by Gasteiger charge is 2.33. The van der Waals surface area contributed by atoms with E-state index in [0.29, 0.717) is 5.69 Å². The molecule has 0 aromatic heterocycles. The Morgan fingerprint density at radius 1 is 0.974 bits per heavy atom. The third-order valence-electron chi connectivity index (χ3n) is 7.03. The van der Waals surface area contributed by atoms with Gasteiger partial charge in [0.2, 0.25) is 11.8 Å². The Hall–Kier alpha value is -2.92. The molecule has 39 heavy (non-hydrogen) atoms. The summed E-state index contributed by atoms with van der Waals surface area (Å²) in [4.78, 5) is 28.8. The first-order valence-electron chi connectivity index (χ1n) is 13.1. The van der Waals surface area contributed by atoms with Crippen LogP contribution in [0.1, 0.15) is 43.7 Å². The number of nitrogens with zero attached hydrogens (tertiary/aromatic N) is 2. The average molecular weight is 660 g/mol. The molecule has 1 N–H and O–H groups in total. The average Bonchev–Trinajstić information content (AvgIpc) is 3.44. The standard InChI is InChI=1S/C30H34IN3O4S/c1-22-9-8-10-24(19-22)20-33(23(2)30(36)32-26-11-6-7-12-26)29(35)21-34(27-17-15-25(31)16-18-27)39(37,38)28-13-4-3-5-14-28/h3-5,8-10,13-19,23,26H,6-7,11-12,20-21H2,1-2H3,(H,32,36)/t23-/m1/s1. The third-order valence-corrected chi connectivity index (χ3v) is 9.54. The molecular weight excluding hydrogens is 625 g/mol. The van der Waals surface area contributed by atoms with Crippen molar-refractivity contribution in [2.24, 2.45) is 0 Å². The Labute approximate surface area is 244 Å². The van der Waals surface area contributed by atoms with Crippen molar-refractivity contribution in [2.45, 2.75) is 63.1 Å². The molecule has 0 spiro atoms. The zero-order chi connectivity index (χ0) is 28.0. The molecule has 7 nitrogen and oxygen atoms in total. The molecule has 3 aromatic carbocycles. The fourth-order valence-corrected chi connectivity index (χ4v) is 6.63. The van der Waals surface area contributed by atoms with Gasteiger partial charge in [0, 0.05) is 16.2 Å². The van der Waals surface area contributed by atoms with E-state index in [1.54, 1.807) is 49.4 Å². The van der Waals surface area contributed by atoms with Crippen LogP contribution in [0.5, 0.6) is 0 Å². The highest BCUT2D eigenvalue weighted by atomic mass is 127. The van der Waals surface area contributed by atoms with E-state index in [1.807, 2.05) is 31.2 Å². The quantitative estimate of drug-likeness (QED) is 0.301. The zero-order valence-corrected chi connectivity index (χ0v) is 25.2. The molecule has 1 aliphatic carbocycles. The molecule has 9 heteroatoms. The lowest BCUT2D eigenvalue weighted by Gasteiger charge is -2.32. The summed E-state index contributed by atoms with van der Waals surface area (Å²) in [5.41, 5.74) is 2.29. The van der Waals surface area contributed by atoms with Crippen LogP contribution in [0, 0.1) is 10.5 Å². The second-order valence-corrected chi connectivity index (χ2v) is 13.1. The van der Waals surface area contributed by atoms with Crippen LogP contribution >= 0.6 is 22.6 Å². The van der Waals surface area contributed by atoms with Gasteiger partial charge < -0.3 is 10.2 Å². The molecule has 1 saturated carbocycles. The van der Waals surface area contributed by atoms with E-state index in [1.165, 1.54) is 17.0 Å². The smallest absolute Gasteiger partial charge is 0.264 e. The highest BCUT2D eigenvalue weighted by molar-refractivity contribution is 14.1. The molecule has 1 atom stereocenters. The van der Waals surface area contributed by atoms with Crippen molar-refractivity contribution in [3.05, 3.63) is 93.6 Å². The fraction of sp³-hybridized carbons (Fsp3) is 0.333. The summed E-state index contributed by atoms with van der Waals surface area (Å²) in [6.07, 6.45) is 4.02. The van der Waals surface area contributed by atoms with Crippen LogP contribution in [0.3, 0.4) is 0 Å². The van der Waals surface area contributed by atoms with Gasteiger partial charge in [-0.05, 0) is 91.2 Å². The van der Waals surface area contributed by atoms with Gasteiger partial charge in [0.1, 0.15) is 12.6 Å². The SMILES string of the molecule is Cc1cccc(CN(C(=O)CN(c2ccc(I)cc2)S(=O)(=O)c2ccccc2)[C@H](C)C(=O)NC2CCCC2)c1. The number of anilines is 1. The molecule has 0 heterocycles. The molecule has 1 aliphatic rings. The van der Waals surface area contributed by atoms with Crippen molar-refractivity contribution < 1.29 is 18.0 Å². The van der Waals surface area contributed by atoms with Crippen LogP contribution in [0.25, 0.3) is 0 Å². The van der Waals surface area contributed by atoms with Crippen molar-refractivity contribution in [3.8, 4) is 0 Å². The van der Waals surface area contributed by atoms with Crippen LogP contribution in [0.2, 0.25) is 0 Å². The van der Waals surface area contributed by atoms with E-state index in [0.717, 1.165) is 44.7 Å². The Morgan fingerprint density at radius 2 is 1.64 bits per heavy atom. The molecule has 0 saturated heterocycles. The predicted molar refractivity (Wildman–Crippen MR) is 162 cm³/mol. The van der Waals surface area contributed by atoms with Gasteiger partial charge >= 0.3 is 0 Å². The third kappa shape index (κ3) is 7.39. The Morgan fingerprint density at radius 3 is 2.28 bits per heavy atom. The number of hydrogen-bond donors (Lipinski definition) is 1. The topological polar surface area (TPSA) is 86.8 Å². The summed E-state index contributed by atoms with van der Waals surface area (Å²) in [6.45, 7) is 3.42. The lowest BCUT2D eigenvalue weighted by molar-refractivity contribution is -0.139. The first-order chi connectivity index (χ1) is 18.6. The number of hydrogen-bond acceptors (Lipinski definition) is 4. The van der Waals surface area contributed by atoms with E-state index >= 15 is 0 Å². The maximum absolute atomic E-state index is 14.0. The summed E-state index contributed by atoms with van der Waals surface area (Å²) in [6, 6.07) is 22.2. The van der Waals surface area contributed by atoms with Crippen LogP contribution in [0.15, 0.2) is 83.8 Å². The van der Waals surface area contributed by atoms with E-state index in [9.17, 15) is 18.0 Å². The van der Waals surface area contributed by atoms with E-state index in [4.69, 9.17) is 0 Å². The van der Waals surface area contributed by atoms with Crippen LogP contribution in [-0.2, 0) is 26.2 Å².